The van der Waals surface area contributed by atoms with Gasteiger partial charge >= 0.3 is 0 Å². The molecule has 1 heterocycles. The number of rotatable bonds is 8. The third-order valence-electron chi connectivity index (χ3n) is 4.48. The summed E-state index contributed by atoms with van der Waals surface area (Å²) in [5, 5.41) is 6.63. The van der Waals surface area contributed by atoms with Gasteiger partial charge in [0.1, 0.15) is 5.75 Å². The van der Waals surface area contributed by atoms with E-state index in [1.165, 1.54) is 5.56 Å². The second-order valence-electron chi connectivity index (χ2n) is 6.53. The largest absolute Gasteiger partial charge is 0.496 e. The number of unbranched alkanes of at least 4 members (excludes halogenated alkanes) is 1. The monoisotopic (exact) mass is 370 g/mol. The summed E-state index contributed by atoms with van der Waals surface area (Å²) in [4.78, 5) is 16.1. The molecule has 0 saturated heterocycles. The van der Waals surface area contributed by atoms with Gasteiger partial charge in [0.2, 0.25) is 0 Å². The number of benzene rings is 1. The number of ether oxygens (including phenoxy) is 1. The van der Waals surface area contributed by atoms with Crippen molar-refractivity contribution in [3.05, 3.63) is 63.6 Å². The fraction of sp³-hybridized carbons (Fsp3) is 0.429. The molecule has 0 saturated carbocycles. The van der Waals surface area contributed by atoms with Crippen molar-refractivity contribution in [3.63, 3.8) is 0 Å². The van der Waals surface area contributed by atoms with Crippen LogP contribution in [0.1, 0.15) is 29.7 Å². The van der Waals surface area contributed by atoms with Gasteiger partial charge in [-0.3, -0.25) is 9.79 Å². The Balaban J connectivity index is 1.75. The Morgan fingerprint density at radius 1 is 1.15 bits per heavy atom. The van der Waals surface area contributed by atoms with Crippen LogP contribution in [-0.4, -0.2) is 31.2 Å². The molecular weight excluding hydrogens is 340 g/mol. The highest BCUT2D eigenvalue weighted by atomic mass is 16.5. The van der Waals surface area contributed by atoms with E-state index < -0.39 is 0 Å². The summed E-state index contributed by atoms with van der Waals surface area (Å²) in [6, 6.07) is 11.5. The van der Waals surface area contributed by atoms with E-state index in [0.29, 0.717) is 6.54 Å². The second kappa shape index (κ2) is 10.4. The van der Waals surface area contributed by atoms with Crippen molar-refractivity contribution >= 4 is 5.96 Å². The van der Waals surface area contributed by atoms with Crippen molar-refractivity contribution in [2.24, 2.45) is 4.99 Å². The van der Waals surface area contributed by atoms with Gasteiger partial charge in [-0.05, 0) is 44.4 Å². The van der Waals surface area contributed by atoms with Crippen molar-refractivity contribution in [3.8, 4) is 5.75 Å². The lowest BCUT2D eigenvalue weighted by atomic mass is 10.1. The fourth-order valence-electron chi connectivity index (χ4n) is 2.91. The first-order chi connectivity index (χ1) is 13.0. The highest BCUT2D eigenvalue weighted by Crippen LogP contribution is 2.19. The van der Waals surface area contributed by atoms with Gasteiger partial charge in [0.15, 0.2) is 5.96 Å². The first-order valence-corrected chi connectivity index (χ1v) is 9.29. The highest BCUT2D eigenvalue weighted by Gasteiger charge is 2.05. The van der Waals surface area contributed by atoms with Crippen LogP contribution in [0.2, 0.25) is 0 Å². The van der Waals surface area contributed by atoms with Crippen LogP contribution < -0.4 is 20.9 Å². The van der Waals surface area contributed by atoms with Gasteiger partial charge in [-0.15, -0.1) is 0 Å². The predicted octanol–water partition coefficient (Wildman–Crippen LogP) is 2.62. The van der Waals surface area contributed by atoms with Crippen molar-refractivity contribution in [2.45, 2.75) is 39.8 Å². The number of aliphatic imine (C=N–C) groups is 1. The average Bonchev–Trinajstić information content (AvgIpc) is 2.66. The van der Waals surface area contributed by atoms with Crippen molar-refractivity contribution < 1.29 is 4.74 Å². The van der Waals surface area contributed by atoms with Crippen LogP contribution in [0.25, 0.3) is 0 Å². The quantitative estimate of drug-likeness (QED) is 0.426. The molecule has 2 N–H and O–H groups in total. The minimum atomic E-state index is 0.0625. The highest BCUT2D eigenvalue weighted by molar-refractivity contribution is 5.79. The molecule has 27 heavy (non-hydrogen) atoms. The van der Waals surface area contributed by atoms with Gasteiger partial charge in [-0.2, -0.15) is 0 Å². The number of nitrogens with zero attached hydrogens (tertiary/aromatic N) is 2. The molecule has 6 heteroatoms. The minimum absolute atomic E-state index is 0.0625. The van der Waals surface area contributed by atoms with Crippen LogP contribution in [-0.2, 0) is 13.1 Å². The van der Waals surface area contributed by atoms with E-state index in [2.05, 4.69) is 27.8 Å². The molecule has 0 aliphatic rings. The Morgan fingerprint density at radius 2 is 1.96 bits per heavy atom. The lowest BCUT2D eigenvalue weighted by molar-refractivity contribution is 0.408. The van der Waals surface area contributed by atoms with Crippen LogP contribution in [0.5, 0.6) is 5.75 Å². The van der Waals surface area contributed by atoms with E-state index in [0.717, 1.165) is 48.9 Å². The number of aromatic nitrogens is 1. The molecule has 0 amide bonds. The molecule has 0 radical (unpaired) electrons. The molecule has 0 bridgehead atoms. The molecular formula is C21H30N4O2. The lowest BCUT2D eigenvalue weighted by Gasteiger charge is -2.14. The minimum Gasteiger partial charge on any atom is -0.496 e. The number of pyridine rings is 1. The van der Waals surface area contributed by atoms with Crippen LogP contribution in [0.4, 0.5) is 0 Å². The van der Waals surface area contributed by atoms with Crippen LogP contribution in [0.3, 0.4) is 0 Å². The molecule has 0 unspecified atom stereocenters. The summed E-state index contributed by atoms with van der Waals surface area (Å²) in [6.45, 7) is 6.18. The zero-order valence-corrected chi connectivity index (χ0v) is 16.7. The Morgan fingerprint density at radius 3 is 2.67 bits per heavy atom. The number of methoxy groups -OCH3 is 1. The number of nitrogens with one attached hydrogen (secondary N) is 2. The Hall–Kier alpha value is -2.76. The van der Waals surface area contributed by atoms with Gasteiger partial charge in [-0.25, -0.2) is 0 Å². The standard InChI is InChI=1S/C21H30N4O2/c1-16-10-11-18(19(14-16)27-4)15-24-21(22-3)23-12-5-6-13-25-17(2)8-7-9-20(25)26/h7-11,14H,5-6,12-13,15H2,1-4H3,(H2,22,23,24). The number of guanidine groups is 1. The Kier molecular flexibility index (Phi) is 7.92. The summed E-state index contributed by atoms with van der Waals surface area (Å²) in [5.74, 6) is 1.63. The van der Waals surface area contributed by atoms with Gasteiger partial charge in [0, 0.05) is 44.0 Å². The van der Waals surface area contributed by atoms with Gasteiger partial charge in [0.25, 0.3) is 5.56 Å². The van der Waals surface area contributed by atoms with E-state index in [1.807, 2.05) is 30.5 Å². The molecule has 0 spiro atoms. The summed E-state index contributed by atoms with van der Waals surface area (Å²) in [7, 11) is 3.44. The number of hydrogen-bond donors (Lipinski definition) is 2. The molecule has 0 fully saturated rings. The average molecular weight is 370 g/mol. The maximum atomic E-state index is 11.9. The molecule has 0 aliphatic heterocycles. The van der Waals surface area contributed by atoms with Crippen LogP contribution in [0, 0.1) is 13.8 Å². The molecule has 1 aromatic heterocycles. The summed E-state index contributed by atoms with van der Waals surface area (Å²) >= 11 is 0. The van der Waals surface area contributed by atoms with E-state index in [4.69, 9.17) is 4.74 Å². The van der Waals surface area contributed by atoms with Gasteiger partial charge in [-0.1, -0.05) is 18.2 Å². The first kappa shape index (κ1) is 20.6. The Bertz CT molecular complexity index is 827. The van der Waals surface area contributed by atoms with E-state index in [9.17, 15) is 4.79 Å². The summed E-state index contributed by atoms with van der Waals surface area (Å²) < 4.78 is 7.25. The third-order valence-corrected chi connectivity index (χ3v) is 4.48. The summed E-state index contributed by atoms with van der Waals surface area (Å²) in [5.41, 5.74) is 3.32. The van der Waals surface area contributed by atoms with E-state index in [-0.39, 0.29) is 5.56 Å². The predicted molar refractivity (Wildman–Crippen MR) is 111 cm³/mol. The Labute approximate surface area is 161 Å². The summed E-state index contributed by atoms with van der Waals surface area (Å²) in [6.07, 6.45) is 1.88. The fourth-order valence-corrected chi connectivity index (χ4v) is 2.91. The maximum absolute atomic E-state index is 11.9. The zero-order chi connectivity index (χ0) is 19.6. The van der Waals surface area contributed by atoms with E-state index in [1.54, 1.807) is 26.3 Å². The molecule has 0 atom stereocenters. The first-order valence-electron chi connectivity index (χ1n) is 9.29. The topological polar surface area (TPSA) is 67.7 Å². The number of hydrogen-bond acceptors (Lipinski definition) is 3. The van der Waals surface area contributed by atoms with Crippen molar-refractivity contribution in [1.29, 1.82) is 0 Å². The van der Waals surface area contributed by atoms with Crippen molar-refractivity contribution in [2.75, 3.05) is 20.7 Å². The third kappa shape index (κ3) is 6.16. The second-order valence-corrected chi connectivity index (χ2v) is 6.53. The zero-order valence-electron chi connectivity index (χ0n) is 16.7. The van der Waals surface area contributed by atoms with Gasteiger partial charge in [0.05, 0.1) is 7.11 Å². The number of aryl methyl sites for hydroxylation is 2. The molecule has 1 aromatic carbocycles. The normalized spacial score (nSPS) is 11.3. The van der Waals surface area contributed by atoms with Crippen molar-refractivity contribution in [1.82, 2.24) is 15.2 Å². The van der Waals surface area contributed by atoms with Gasteiger partial charge < -0.3 is 19.9 Å². The van der Waals surface area contributed by atoms with Crippen LogP contribution >= 0.6 is 0 Å². The molecule has 146 valence electrons. The van der Waals surface area contributed by atoms with E-state index >= 15 is 0 Å². The molecule has 0 aliphatic carbocycles. The molecule has 6 nitrogen and oxygen atoms in total. The maximum Gasteiger partial charge on any atom is 0.250 e. The smallest absolute Gasteiger partial charge is 0.250 e. The SMILES string of the molecule is CN=C(NCCCCn1c(C)cccc1=O)NCc1ccc(C)cc1OC. The molecule has 2 aromatic rings. The van der Waals surface area contributed by atoms with Crippen LogP contribution in [0.15, 0.2) is 46.2 Å². The molecule has 2 rings (SSSR count). The lowest BCUT2D eigenvalue weighted by Crippen LogP contribution is -2.37.